The van der Waals surface area contributed by atoms with Crippen molar-refractivity contribution in [1.82, 2.24) is 0 Å². The Bertz CT molecular complexity index is 827. The molecule has 5 heteroatoms. The summed E-state index contributed by atoms with van der Waals surface area (Å²) in [5, 5.41) is 0. The highest BCUT2D eigenvalue weighted by atomic mass is 19.4. The third-order valence-corrected chi connectivity index (χ3v) is 3.47. The highest BCUT2D eigenvalue weighted by Gasteiger charge is 2.41. The number of halogens is 3. The van der Waals surface area contributed by atoms with E-state index in [0.717, 1.165) is 11.6 Å². The SMILES string of the molecule is COc1cc2c(cc1C#Cc1ccccc1)C=CC(C(F)(F)F)O2. The van der Waals surface area contributed by atoms with Crippen molar-refractivity contribution in [3.8, 4) is 23.3 Å². The van der Waals surface area contributed by atoms with Crippen molar-refractivity contribution >= 4 is 6.08 Å². The van der Waals surface area contributed by atoms with Crippen molar-refractivity contribution in [2.75, 3.05) is 7.11 Å². The molecule has 1 heterocycles. The first-order valence-electron chi connectivity index (χ1n) is 7.18. The van der Waals surface area contributed by atoms with Crippen LogP contribution in [0.1, 0.15) is 16.7 Å². The Morgan fingerprint density at radius 2 is 1.83 bits per heavy atom. The minimum Gasteiger partial charge on any atom is -0.495 e. The predicted octanol–water partition coefficient (Wildman–Crippen LogP) is 4.43. The van der Waals surface area contributed by atoms with Gasteiger partial charge in [0.15, 0.2) is 0 Å². The first-order chi connectivity index (χ1) is 11.5. The van der Waals surface area contributed by atoms with Crippen LogP contribution < -0.4 is 9.47 Å². The lowest BCUT2D eigenvalue weighted by atomic mass is 10.0. The normalized spacial score (nSPS) is 15.8. The van der Waals surface area contributed by atoms with E-state index in [0.29, 0.717) is 16.9 Å². The summed E-state index contributed by atoms with van der Waals surface area (Å²) < 4.78 is 48.6. The van der Waals surface area contributed by atoms with Gasteiger partial charge in [0.05, 0.1) is 12.7 Å². The molecule has 2 nitrogen and oxygen atoms in total. The summed E-state index contributed by atoms with van der Waals surface area (Å²) in [5.74, 6) is 6.48. The number of rotatable bonds is 1. The highest BCUT2D eigenvalue weighted by Crippen LogP contribution is 2.36. The Hall–Kier alpha value is -2.87. The number of ether oxygens (including phenoxy) is 2. The van der Waals surface area contributed by atoms with E-state index in [4.69, 9.17) is 9.47 Å². The quantitative estimate of drug-likeness (QED) is 0.720. The second kappa shape index (κ2) is 6.32. The van der Waals surface area contributed by atoms with E-state index < -0.39 is 12.3 Å². The molecular weight excluding hydrogens is 317 g/mol. The molecule has 1 aliphatic heterocycles. The number of methoxy groups -OCH3 is 1. The Morgan fingerprint density at radius 3 is 2.50 bits per heavy atom. The predicted molar refractivity (Wildman–Crippen MR) is 84.9 cm³/mol. The first-order valence-corrected chi connectivity index (χ1v) is 7.18. The Labute approximate surface area is 137 Å². The van der Waals surface area contributed by atoms with Gasteiger partial charge >= 0.3 is 6.18 Å². The van der Waals surface area contributed by atoms with Crippen molar-refractivity contribution in [1.29, 1.82) is 0 Å². The van der Waals surface area contributed by atoms with Crippen molar-refractivity contribution in [2.45, 2.75) is 12.3 Å². The molecule has 0 spiro atoms. The molecule has 0 aromatic heterocycles. The molecule has 0 saturated heterocycles. The lowest BCUT2D eigenvalue weighted by Gasteiger charge is -2.24. The molecule has 0 fully saturated rings. The fraction of sp³-hybridized carbons (Fsp3) is 0.158. The van der Waals surface area contributed by atoms with E-state index in [1.54, 1.807) is 6.07 Å². The average Bonchev–Trinajstić information content (AvgIpc) is 2.58. The Kier molecular flexibility index (Phi) is 4.22. The third kappa shape index (κ3) is 3.38. The lowest BCUT2D eigenvalue weighted by Crippen LogP contribution is -2.33. The molecule has 0 radical (unpaired) electrons. The molecule has 1 unspecified atom stereocenters. The fourth-order valence-corrected chi connectivity index (χ4v) is 2.28. The summed E-state index contributed by atoms with van der Waals surface area (Å²) in [6.45, 7) is 0. The van der Waals surface area contributed by atoms with Crippen LogP contribution in [0, 0.1) is 11.8 Å². The molecule has 0 bridgehead atoms. The van der Waals surface area contributed by atoms with Gasteiger partial charge in [-0.15, -0.1) is 0 Å². The van der Waals surface area contributed by atoms with Crippen LogP contribution in [0.5, 0.6) is 11.5 Å². The molecular formula is C19H13F3O2. The molecule has 1 atom stereocenters. The highest BCUT2D eigenvalue weighted by molar-refractivity contribution is 5.66. The Morgan fingerprint density at radius 1 is 1.08 bits per heavy atom. The maximum atomic E-state index is 12.8. The smallest absolute Gasteiger partial charge is 0.429 e. The van der Waals surface area contributed by atoms with E-state index in [2.05, 4.69) is 11.8 Å². The molecule has 0 N–H and O–H groups in total. The van der Waals surface area contributed by atoms with Crippen molar-refractivity contribution in [3.63, 3.8) is 0 Å². The topological polar surface area (TPSA) is 18.5 Å². The minimum atomic E-state index is -4.45. The molecule has 0 aliphatic carbocycles. The summed E-state index contributed by atoms with van der Waals surface area (Å²) in [4.78, 5) is 0. The van der Waals surface area contributed by atoms with Gasteiger partial charge in [0, 0.05) is 17.2 Å². The molecule has 0 saturated carbocycles. The summed E-state index contributed by atoms with van der Waals surface area (Å²) in [7, 11) is 1.44. The summed E-state index contributed by atoms with van der Waals surface area (Å²) in [5.41, 5.74) is 1.95. The van der Waals surface area contributed by atoms with Gasteiger partial charge in [-0.05, 0) is 24.3 Å². The molecule has 2 aromatic rings. The number of hydrogen-bond acceptors (Lipinski definition) is 2. The zero-order valence-electron chi connectivity index (χ0n) is 12.7. The van der Waals surface area contributed by atoms with Crippen LogP contribution in [0.25, 0.3) is 6.08 Å². The molecule has 2 aromatic carbocycles. The second-order valence-electron chi connectivity index (χ2n) is 5.15. The van der Waals surface area contributed by atoms with Crippen molar-refractivity contribution in [3.05, 3.63) is 65.2 Å². The average molecular weight is 330 g/mol. The zero-order chi connectivity index (χ0) is 17.2. The van der Waals surface area contributed by atoms with Crippen LogP contribution in [0.2, 0.25) is 0 Å². The standard InChI is InChI=1S/C19H13F3O2/c1-23-16-12-17-15(9-10-18(24-17)19(20,21)22)11-14(16)8-7-13-5-3-2-4-6-13/h2-6,9-12,18H,1H3. The van der Waals surface area contributed by atoms with Gasteiger partial charge in [-0.25, -0.2) is 0 Å². The maximum absolute atomic E-state index is 12.8. The summed E-state index contributed by atoms with van der Waals surface area (Å²) in [6, 6.07) is 12.5. The van der Waals surface area contributed by atoms with E-state index in [1.165, 1.54) is 19.3 Å². The van der Waals surface area contributed by atoms with E-state index in [-0.39, 0.29) is 5.75 Å². The number of hydrogen-bond donors (Lipinski definition) is 0. The van der Waals surface area contributed by atoms with Crippen molar-refractivity contribution in [2.24, 2.45) is 0 Å². The first kappa shape index (κ1) is 16.0. The van der Waals surface area contributed by atoms with E-state index >= 15 is 0 Å². The van der Waals surface area contributed by atoms with Crippen LogP contribution in [0.4, 0.5) is 13.2 Å². The summed E-state index contributed by atoms with van der Waals surface area (Å²) >= 11 is 0. The minimum absolute atomic E-state index is 0.127. The monoisotopic (exact) mass is 330 g/mol. The fourth-order valence-electron chi connectivity index (χ4n) is 2.28. The maximum Gasteiger partial charge on any atom is 0.429 e. The van der Waals surface area contributed by atoms with Gasteiger partial charge in [-0.3, -0.25) is 0 Å². The van der Waals surface area contributed by atoms with Crippen LogP contribution in [0.3, 0.4) is 0 Å². The number of fused-ring (bicyclic) bond motifs is 1. The largest absolute Gasteiger partial charge is 0.495 e. The van der Waals surface area contributed by atoms with Crippen LogP contribution in [-0.2, 0) is 0 Å². The number of benzene rings is 2. The molecule has 24 heavy (non-hydrogen) atoms. The Balaban J connectivity index is 1.96. The van der Waals surface area contributed by atoms with E-state index in [1.807, 2.05) is 30.3 Å². The van der Waals surface area contributed by atoms with Crippen LogP contribution in [-0.4, -0.2) is 19.4 Å². The summed E-state index contributed by atoms with van der Waals surface area (Å²) in [6.07, 6.45) is -4.02. The van der Waals surface area contributed by atoms with Gasteiger partial charge in [-0.1, -0.05) is 36.1 Å². The second-order valence-corrected chi connectivity index (χ2v) is 5.15. The van der Waals surface area contributed by atoms with Gasteiger partial charge in [0.25, 0.3) is 0 Å². The molecule has 0 amide bonds. The molecule has 122 valence electrons. The number of alkyl halides is 3. The lowest BCUT2D eigenvalue weighted by molar-refractivity contribution is -0.180. The van der Waals surface area contributed by atoms with Crippen LogP contribution >= 0.6 is 0 Å². The van der Waals surface area contributed by atoms with Gasteiger partial charge in [-0.2, -0.15) is 13.2 Å². The van der Waals surface area contributed by atoms with Gasteiger partial charge < -0.3 is 9.47 Å². The van der Waals surface area contributed by atoms with Crippen LogP contribution in [0.15, 0.2) is 48.5 Å². The van der Waals surface area contributed by atoms with Crippen molar-refractivity contribution < 1.29 is 22.6 Å². The zero-order valence-corrected chi connectivity index (χ0v) is 12.7. The van der Waals surface area contributed by atoms with Gasteiger partial charge in [0.2, 0.25) is 6.10 Å². The van der Waals surface area contributed by atoms with E-state index in [9.17, 15) is 13.2 Å². The third-order valence-electron chi connectivity index (χ3n) is 3.47. The van der Waals surface area contributed by atoms with Gasteiger partial charge in [0.1, 0.15) is 11.5 Å². The molecule has 1 aliphatic rings. The molecule has 3 rings (SSSR count).